The van der Waals surface area contributed by atoms with Gasteiger partial charge in [-0.25, -0.2) is 9.59 Å². The first-order chi connectivity index (χ1) is 12.0. The summed E-state index contributed by atoms with van der Waals surface area (Å²) in [5, 5.41) is 12.2. The molecule has 0 spiro atoms. The number of benzene rings is 2. The number of methoxy groups -OCH3 is 1. The average Bonchev–Trinajstić information content (AvgIpc) is 2.61. The summed E-state index contributed by atoms with van der Waals surface area (Å²) in [5.41, 5.74) is 1.42. The van der Waals surface area contributed by atoms with Crippen molar-refractivity contribution in [1.29, 1.82) is 0 Å². The molecule has 0 saturated heterocycles. The number of nitrogens with one attached hydrogen (secondary N) is 1. The third-order valence-corrected chi connectivity index (χ3v) is 3.71. The first-order valence-electron chi connectivity index (χ1n) is 7.52. The number of ether oxygens (including phenoxy) is 2. The predicted octanol–water partition coefficient (Wildman–Crippen LogP) is 3.27. The molecule has 0 saturated carbocycles. The Bertz CT molecular complexity index is 736. The lowest BCUT2D eigenvalue weighted by Crippen LogP contribution is -2.42. The molecule has 1 unspecified atom stereocenters. The van der Waals surface area contributed by atoms with Crippen LogP contribution in [-0.2, 0) is 22.6 Å². The quantitative estimate of drug-likeness (QED) is 0.788. The number of amides is 1. The Morgan fingerprint density at radius 3 is 2.56 bits per heavy atom. The fourth-order valence-corrected chi connectivity index (χ4v) is 2.38. The normalized spacial score (nSPS) is 11.4. The van der Waals surface area contributed by atoms with Gasteiger partial charge in [-0.1, -0.05) is 48.0 Å². The monoisotopic (exact) mass is 363 g/mol. The van der Waals surface area contributed by atoms with E-state index in [1.807, 2.05) is 18.2 Å². The summed E-state index contributed by atoms with van der Waals surface area (Å²) in [6.07, 6.45) is -0.764. The van der Waals surface area contributed by atoms with E-state index in [-0.39, 0.29) is 13.0 Å². The summed E-state index contributed by atoms with van der Waals surface area (Å²) >= 11 is 5.89. The molecule has 0 bridgehead atoms. The molecule has 25 heavy (non-hydrogen) atoms. The van der Waals surface area contributed by atoms with Crippen molar-refractivity contribution in [2.24, 2.45) is 0 Å². The van der Waals surface area contributed by atoms with E-state index < -0.39 is 18.1 Å². The Labute approximate surface area is 150 Å². The van der Waals surface area contributed by atoms with Crippen molar-refractivity contribution in [3.63, 3.8) is 0 Å². The molecule has 0 aliphatic heterocycles. The first kappa shape index (κ1) is 18.6. The number of halogens is 1. The zero-order chi connectivity index (χ0) is 18.2. The fourth-order valence-electron chi connectivity index (χ4n) is 2.21. The van der Waals surface area contributed by atoms with E-state index in [0.717, 1.165) is 5.56 Å². The van der Waals surface area contributed by atoms with Crippen molar-refractivity contribution in [3.8, 4) is 5.75 Å². The molecule has 0 radical (unpaired) electrons. The van der Waals surface area contributed by atoms with Crippen molar-refractivity contribution in [3.05, 3.63) is 64.7 Å². The number of carbonyl (C=O) groups excluding carboxylic acids is 1. The number of carboxylic acid groups (broad SMARTS) is 1. The van der Waals surface area contributed by atoms with Crippen molar-refractivity contribution in [2.45, 2.75) is 19.1 Å². The maximum atomic E-state index is 11.9. The molecule has 2 aromatic rings. The molecule has 1 atom stereocenters. The maximum Gasteiger partial charge on any atom is 0.408 e. The molecule has 2 N–H and O–H groups in total. The molecule has 0 aliphatic carbocycles. The van der Waals surface area contributed by atoms with E-state index in [2.05, 4.69) is 5.32 Å². The van der Waals surface area contributed by atoms with Gasteiger partial charge in [0.2, 0.25) is 0 Å². The summed E-state index contributed by atoms with van der Waals surface area (Å²) < 4.78 is 10.3. The number of carboxylic acids is 1. The van der Waals surface area contributed by atoms with Crippen LogP contribution in [0.15, 0.2) is 48.5 Å². The van der Waals surface area contributed by atoms with Gasteiger partial charge in [0.05, 0.1) is 7.11 Å². The number of aliphatic carboxylic acids is 1. The van der Waals surface area contributed by atoms with Gasteiger partial charge in [0.1, 0.15) is 18.4 Å². The fraction of sp³-hybridized carbons (Fsp3) is 0.222. The van der Waals surface area contributed by atoms with Crippen LogP contribution in [-0.4, -0.2) is 30.3 Å². The SMILES string of the molecule is COc1cc(Cl)ccc1CC(NC(=O)OCc1ccccc1)C(=O)O. The largest absolute Gasteiger partial charge is 0.496 e. The standard InChI is InChI=1S/C18H18ClNO5/c1-24-16-10-14(19)8-7-13(16)9-15(17(21)22)20-18(23)25-11-12-5-3-2-4-6-12/h2-8,10,15H,9,11H2,1H3,(H,20,23)(H,21,22). The average molecular weight is 364 g/mol. The van der Waals surface area contributed by atoms with Gasteiger partial charge in [0.15, 0.2) is 0 Å². The highest BCUT2D eigenvalue weighted by atomic mass is 35.5. The number of hydrogen-bond donors (Lipinski definition) is 2. The maximum absolute atomic E-state index is 11.9. The van der Waals surface area contributed by atoms with Gasteiger partial charge >= 0.3 is 12.1 Å². The Morgan fingerprint density at radius 2 is 1.92 bits per heavy atom. The van der Waals surface area contributed by atoms with Crippen molar-refractivity contribution in [2.75, 3.05) is 7.11 Å². The lowest BCUT2D eigenvalue weighted by atomic mass is 10.1. The molecule has 1 amide bonds. The number of rotatable bonds is 7. The van der Waals surface area contributed by atoms with Gasteiger partial charge in [-0.15, -0.1) is 0 Å². The minimum absolute atomic E-state index is 0.0378. The zero-order valence-corrected chi connectivity index (χ0v) is 14.3. The molecule has 132 valence electrons. The summed E-state index contributed by atoms with van der Waals surface area (Å²) in [6, 6.07) is 12.8. The topological polar surface area (TPSA) is 84.9 Å². The van der Waals surface area contributed by atoms with Crippen LogP contribution in [0.25, 0.3) is 0 Å². The minimum Gasteiger partial charge on any atom is -0.496 e. The van der Waals surface area contributed by atoms with E-state index >= 15 is 0 Å². The number of alkyl carbamates (subject to hydrolysis) is 1. The number of hydrogen-bond acceptors (Lipinski definition) is 4. The Balaban J connectivity index is 1.98. The molecule has 2 aromatic carbocycles. The van der Waals surface area contributed by atoms with Gasteiger partial charge < -0.3 is 19.9 Å². The Morgan fingerprint density at radius 1 is 1.20 bits per heavy atom. The number of carbonyl (C=O) groups is 2. The molecule has 2 rings (SSSR count). The lowest BCUT2D eigenvalue weighted by molar-refractivity contribution is -0.139. The first-order valence-corrected chi connectivity index (χ1v) is 7.90. The van der Waals surface area contributed by atoms with E-state index in [4.69, 9.17) is 21.1 Å². The van der Waals surface area contributed by atoms with Crippen LogP contribution in [0.4, 0.5) is 4.79 Å². The highest BCUT2D eigenvalue weighted by molar-refractivity contribution is 6.30. The van der Waals surface area contributed by atoms with Crippen LogP contribution >= 0.6 is 11.6 Å². The molecule has 0 aromatic heterocycles. The smallest absolute Gasteiger partial charge is 0.408 e. The van der Waals surface area contributed by atoms with Crippen molar-refractivity contribution < 1.29 is 24.2 Å². The predicted molar refractivity (Wildman–Crippen MR) is 92.9 cm³/mol. The van der Waals surface area contributed by atoms with Crippen molar-refractivity contribution >= 4 is 23.7 Å². The highest BCUT2D eigenvalue weighted by Gasteiger charge is 2.23. The molecule has 0 fully saturated rings. The lowest BCUT2D eigenvalue weighted by Gasteiger charge is -2.16. The van der Waals surface area contributed by atoms with Gasteiger partial charge in [0, 0.05) is 11.4 Å². The second kappa shape index (κ2) is 8.94. The Hall–Kier alpha value is -2.73. The second-order valence-corrected chi connectivity index (χ2v) is 5.69. The van der Waals surface area contributed by atoms with E-state index in [0.29, 0.717) is 16.3 Å². The summed E-state index contributed by atoms with van der Waals surface area (Å²) in [7, 11) is 1.46. The summed E-state index contributed by atoms with van der Waals surface area (Å²) in [4.78, 5) is 23.3. The highest BCUT2D eigenvalue weighted by Crippen LogP contribution is 2.24. The van der Waals surface area contributed by atoms with Gasteiger partial charge in [-0.2, -0.15) is 0 Å². The summed E-state index contributed by atoms with van der Waals surface area (Å²) in [6.45, 7) is 0.0588. The van der Waals surface area contributed by atoms with Gasteiger partial charge in [-0.05, 0) is 23.3 Å². The van der Waals surface area contributed by atoms with Crippen LogP contribution in [0.1, 0.15) is 11.1 Å². The van der Waals surface area contributed by atoms with Gasteiger partial charge in [0.25, 0.3) is 0 Å². The van der Waals surface area contributed by atoms with Crippen LogP contribution in [0, 0.1) is 0 Å². The van der Waals surface area contributed by atoms with E-state index in [1.54, 1.807) is 30.3 Å². The molecule has 6 nitrogen and oxygen atoms in total. The summed E-state index contributed by atoms with van der Waals surface area (Å²) in [5.74, 6) is -0.716. The van der Waals surface area contributed by atoms with Gasteiger partial charge in [-0.3, -0.25) is 0 Å². The van der Waals surface area contributed by atoms with Crippen LogP contribution in [0.3, 0.4) is 0 Å². The second-order valence-electron chi connectivity index (χ2n) is 5.26. The third kappa shape index (κ3) is 5.69. The van der Waals surface area contributed by atoms with Crippen LogP contribution < -0.4 is 10.1 Å². The third-order valence-electron chi connectivity index (χ3n) is 3.48. The molecular weight excluding hydrogens is 346 g/mol. The van der Waals surface area contributed by atoms with Crippen molar-refractivity contribution in [1.82, 2.24) is 5.32 Å². The van der Waals surface area contributed by atoms with Crippen LogP contribution in [0.5, 0.6) is 5.75 Å². The van der Waals surface area contributed by atoms with E-state index in [9.17, 15) is 14.7 Å². The Kier molecular flexibility index (Phi) is 6.65. The molecule has 7 heteroatoms. The molecular formula is C18H18ClNO5. The molecule has 0 aliphatic rings. The zero-order valence-electron chi connectivity index (χ0n) is 13.6. The minimum atomic E-state index is -1.17. The van der Waals surface area contributed by atoms with E-state index in [1.165, 1.54) is 7.11 Å². The van der Waals surface area contributed by atoms with Crippen LogP contribution in [0.2, 0.25) is 5.02 Å². The molecule has 0 heterocycles.